The van der Waals surface area contributed by atoms with Crippen molar-refractivity contribution in [3.63, 3.8) is 0 Å². The third-order valence-corrected chi connectivity index (χ3v) is 2.61. The van der Waals surface area contributed by atoms with Gasteiger partial charge in [-0.3, -0.25) is 0 Å². The fourth-order valence-electron chi connectivity index (χ4n) is 1.59. The van der Waals surface area contributed by atoms with E-state index in [9.17, 15) is 0 Å². The quantitative estimate of drug-likeness (QED) is 0.824. The molecule has 0 bridgehead atoms. The summed E-state index contributed by atoms with van der Waals surface area (Å²) in [6.07, 6.45) is 10.5. The number of nitrogens with zero attached hydrogens (tertiary/aromatic N) is 4. The first kappa shape index (κ1) is 10.8. The molecule has 1 unspecified atom stereocenters. The molecule has 0 saturated carbocycles. The lowest BCUT2D eigenvalue weighted by atomic mass is 10.1. The van der Waals surface area contributed by atoms with E-state index in [0.717, 1.165) is 24.2 Å². The van der Waals surface area contributed by atoms with Crippen LogP contribution in [0, 0.1) is 0 Å². The van der Waals surface area contributed by atoms with E-state index in [4.69, 9.17) is 5.73 Å². The Morgan fingerprint density at radius 1 is 1.38 bits per heavy atom. The largest absolute Gasteiger partial charge is 0.338 e. The van der Waals surface area contributed by atoms with Crippen LogP contribution in [0.3, 0.4) is 0 Å². The summed E-state index contributed by atoms with van der Waals surface area (Å²) in [7, 11) is 1.99. The molecular formula is C11H15N5. The van der Waals surface area contributed by atoms with Crippen molar-refractivity contribution in [3.05, 3.63) is 42.5 Å². The van der Waals surface area contributed by atoms with Crippen molar-refractivity contribution in [2.24, 2.45) is 12.8 Å². The van der Waals surface area contributed by atoms with Gasteiger partial charge in [0.15, 0.2) is 0 Å². The van der Waals surface area contributed by atoms with Gasteiger partial charge in [-0.15, -0.1) is 0 Å². The predicted molar refractivity (Wildman–Crippen MR) is 60.5 cm³/mol. The Kier molecular flexibility index (Phi) is 3.26. The summed E-state index contributed by atoms with van der Waals surface area (Å²) in [5, 5.41) is 0. The van der Waals surface area contributed by atoms with Gasteiger partial charge in [0.2, 0.25) is 0 Å². The summed E-state index contributed by atoms with van der Waals surface area (Å²) in [5.74, 6) is 1.05. The van der Waals surface area contributed by atoms with Crippen LogP contribution in [0.4, 0.5) is 0 Å². The van der Waals surface area contributed by atoms with Crippen LogP contribution in [-0.2, 0) is 13.5 Å². The predicted octanol–water partition coefficient (Wildman–Crippen LogP) is 0.843. The minimum atomic E-state index is -0.0297. The maximum Gasteiger partial charge on any atom is 0.115 e. The Hall–Kier alpha value is -1.75. The first-order chi connectivity index (χ1) is 7.77. The number of hydrogen-bond donors (Lipinski definition) is 1. The smallest absolute Gasteiger partial charge is 0.115 e. The highest BCUT2D eigenvalue weighted by atomic mass is 15.0. The molecule has 2 rings (SSSR count). The molecule has 2 N–H and O–H groups in total. The van der Waals surface area contributed by atoms with Crippen LogP contribution in [0.15, 0.2) is 31.1 Å². The Labute approximate surface area is 94.4 Å². The third kappa shape index (κ3) is 2.43. The van der Waals surface area contributed by atoms with Crippen molar-refractivity contribution in [1.82, 2.24) is 19.5 Å². The standard InChI is InChI=1S/C11H15N5/c1-16-5-4-15-11(16)3-2-10(12)9-6-13-8-14-7-9/h4-8,10H,2-3,12H2,1H3. The van der Waals surface area contributed by atoms with Gasteiger partial charge in [0.1, 0.15) is 12.2 Å². The van der Waals surface area contributed by atoms with Gasteiger partial charge in [-0.05, 0) is 6.42 Å². The zero-order valence-corrected chi connectivity index (χ0v) is 9.24. The highest BCUT2D eigenvalue weighted by molar-refractivity contribution is 5.08. The van der Waals surface area contributed by atoms with Crippen LogP contribution in [0.5, 0.6) is 0 Å². The molecule has 0 spiro atoms. The first-order valence-electron chi connectivity index (χ1n) is 5.24. The molecule has 0 aliphatic rings. The Balaban J connectivity index is 1.94. The van der Waals surface area contributed by atoms with Crippen LogP contribution in [0.2, 0.25) is 0 Å². The van der Waals surface area contributed by atoms with E-state index in [1.165, 1.54) is 6.33 Å². The van der Waals surface area contributed by atoms with Gasteiger partial charge in [0.25, 0.3) is 0 Å². The number of nitrogens with two attached hydrogens (primary N) is 1. The molecule has 0 aromatic carbocycles. The fraction of sp³-hybridized carbons (Fsp3) is 0.364. The number of imidazole rings is 1. The van der Waals surface area contributed by atoms with Crippen molar-refractivity contribution >= 4 is 0 Å². The molecule has 2 aromatic heterocycles. The minimum absolute atomic E-state index is 0.0297. The Morgan fingerprint density at radius 3 is 2.75 bits per heavy atom. The molecule has 84 valence electrons. The number of aromatic nitrogens is 4. The molecule has 0 fully saturated rings. The molecule has 0 aliphatic heterocycles. The Morgan fingerprint density at radius 2 is 2.12 bits per heavy atom. The topological polar surface area (TPSA) is 69.6 Å². The third-order valence-electron chi connectivity index (χ3n) is 2.61. The molecule has 5 heteroatoms. The highest BCUT2D eigenvalue weighted by Gasteiger charge is 2.08. The molecule has 0 aliphatic carbocycles. The van der Waals surface area contributed by atoms with E-state index in [1.54, 1.807) is 18.6 Å². The van der Waals surface area contributed by atoms with Gasteiger partial charge in [0, 0.05) is 49.9 Å². The van der Waals surface area contributed by atoms with Crippen LogP contribution in [0.25, 0.3) is 0 Å². The summed E-state index contributed by atoms with van der Waals surface area (Å²) in [6, 6.07) is -0.0297. The normalized spacial score (nSPS) is 12.6. The van der Waals surface area contributed by atoms with Gasteiger partial charge >= 0.3 is 0 Å². The summed E-state index contributed by atoms with van der Waals surface area (Å²) < 4.78 is 2.01. The molecule has 1 atom stereocenters. The molecule has 16 heavy (non-hydrogen) atoms. The van der Waals surface area contributed by atoms with Crippen molar-refractivity contribution in [2.45, 2.75) is 18.9 Å². The van der Waals surface area contributed by atoms with Crippen LogP contribution >= 0.6 is 0 Å². The average molecular weight is 217 g/mol. The second-order valence-corrected chi connectivity index (χ2v) is 3.77. The molecule has 2 heterocycles. The van der Waals surface area contributed by atoms with E-state index in [-0.39, 0.29) is 6.04 Å². The fourth-order valence-corrected chi connectivity index (χ4v) is 1.59. The second-order valence-electron chi connectivity index (χ2n) is 3.77. The van der Waals surface area contributed by atoms with Crippen LogP contribution in [-0.4, -0.2) is 19.5 Å². The summed E-state index contributed by atoms with van der Waals surface area (Å²) in [5.41, 5.74) is 7.01. The lowest BCUT2D eigenvalue weighted by Crippen LogP contribution is -2.13. The molecular weight excluding hydrogens is 202 g/mol. The molecule has 0 radical (unpaired) electrons. The summed E-state index contributed by atoms with van der Waals surface area (Å²) >= 11 is 0. The van der Waals surface area contributed by atoms with Gasteiger partial charge in [-0.1, -0.05) is 0 Å². The van der Waals surface area contributed by atoms with E-state index in [2.05, 4.69) is 15.0 Å². The maximum absolute atomic E-state index is 6.04. The SMILES string of the molecule is Cn1ccnc1CCC(N)c1cncnc1. The van der Waals surface area contributed by atoms with Crippen molar-refractivity contribution in [3.8, 4) is 0 Å². The number of aryl methyl sites for hydroxylation is 2. The van der Waals surface area contributed by atoms with E-state index >= 15 is 0 Å². The molecule has 5 nitrogen and oxygen atoms in total. The number of rotatable bonds is 4. The monoisotopic (exact) mass is 217 g/mol. The lowest BCUT2D eigenvalue weighted by Gasteiger charge is -2.10. The average Bonchev–Trinajstić information content (AvgIpc) is 2.73. The second kappa shape index (κ2) is 4.85. The summed E-state index contributed by atoms with van der Waals surface area (Å²) in [6.45, 7) is 0. The van der Waals surface area contributed by atoms with E-state index in [0.29, 0.717) is 0 Å². The highest BCUT2D eigenvalue weighted by Crippen LogP contribution is 2.13. The van der Waals surface area contributed by atoms with E-state index in [1.807, 2.05) is 17.8 Å². The van der Waals surface area contributed by atoms with Gasteiger partial charge in [-0.2, -0.15) is 0 Å². The first-order valence-corrected chi connectivity index (χ1v) is 5.24. The maximum atomic E-state index is 6.04. The van der Waals surface area contributed by atoms with Gasteiger partial charge < -0.3 is 10.3 Å². The zero-order valence-electron chi connectivity index (χ0n) is 9.24. The van der Waals surface area contributed by atoms with Gasteiger partial charge in [0.05, 0.1) is 0 Å². The molecule has 0 saturated heterocycles. The molecule has 2 aromatic rings. The lowest BCUT2D eigenvalue weighted by molar-refractivity contribution is 0.616. The number of hydrogen-bond acceptors (Lipinski definition) is 4. The summed E-state index contributed by atoms with van der Waals surface area (Å²) in [4.78, 5) is 12.2. The van der Waals surface area contributed by atoms with Crippen molar-refractivity contribution in [1.29, 1.82) is 0 Å². The Bertz CT molecular complexity index is 437. The van der Waals surface area contributed by atoms with Gasteiger partial charge in [-0.25, -0.2) is 15.0 Å². The minimum Gasteiger partial charge on any atom is -0.338 e. The van der Waals surface area contributed by atoms with Crippen molar-refractivity contribution < 1.29 is 0 Å². The van der Waals surface area contributed by atoms with Crippen LogP contribution in [0.1, 0.15) is 23.9 Å². The van der Waals surface area contributed by atoms with E-state index < -0.39 is 0 Å². The van der Waals surface area contributed by atoms with Crippen molar-refractivity contribution in [2.75, 3.05) is 0 Å². The molecule has 0 amide bonds. The zero-order chi connectivity index (χ0) is 11.4. The van der Waals surface area contributed by atoms with Crippen LogP contribution < -0.4 is 5.73 Å².